The summed E-state index contributed by atoms with van der Waals surface area (Å²) in [6, 6.07) is 15.1. The van der Waals surface area contributed by atoms with E-state index in [1.54, 1.807) is 31.4 Å². The molecule has 0 aromatic heterocycles. The number of ether oxygens (including phenoxy) is 2. The van der Waals surface area contributed by atoms with Crippen molar-refractivity contribution in [2.45, 2.75) is 6.92 Å². The second-order valence-corrected chi connectivity index (χ2v) is 6.01. The normalized spacial score (nSPS) is 14.8. The predicted octanol–water partition coefficient (Wildman–Crippen LogP) is 2.69. The topological polar surface area (TPSA) is 63.2 Å². The number of anilines is 1. The van der Waals surface area contributed by atoms with Gasteiger partial charge in [-0.3, -0.25) is 4.79 Å². The summed E-state index contributed by atoms with van der Waals surface area (Å²) in [5.74, 6) is 0.457. The lowest BCUT2D eigenvalue weighted by molar-refractivity contribution is 0.0955. The van der Waals surface area contributed by atoms with Crippen LogP contribution in [0.2, 0.25) is 0 Å². The Labute approximate surface area is 153 Å². The smallest absolute Gasteiger partial charge is 0.271 e. The van der Waals surface area contributed by atoms with Gasteiger partial charge in [0.15, 0.2) is 0 Å². The first-order valence-electron chi connectivity index (χ1n) is 8.59. The molecule has 1 saturated heterocycles. The van der Waals surface area contributed by atoms with E-state index < -0.39 is 0 Å². The Bertz CT molecular complexity index is 764. The van der Waals surface area contributed by atoms with Crippen LogP contribution in [0.4, 0.5) is 5.69 Å². The molecule has 1 aliphatic rings. The zero-order chi connectivity index (χ0) is 18.4. The van der Waals surface area contributed by atoms with Gasteiger partial charge in [0.1, 0.15) is 5.75 Å². The minimum absolute atomic E-state index is 0.253. The van der Waals surface area contributed by atoms with Crippen molar-refractivity contribution in [3.8, 4) is 5.75 Å². The highest BCUT2D eigenvalue weighted by atomic mass is 16.5. The fourth-order valence-corrected chi connectivity index (χ4v) is 2.74. The number of carbonyl (C=O) groups excluding carboxylic acids is 1. The molecule has 6 nitrogen and oxygen atoms in total. The number of hydrogen-bond acceptors (Lipinski definition) is 5. The maximum atomic E-state index is 12.2. The third-order valence-corrected chi connectivity index (χ3v) is 4.34. The molecule has 0 saturated carbocycles. The Morgan fingerprint density at radius 3 is 2.27 bits per heavy atom. The Morgan fingerprint density at radius 2 is 1.65 bits per heavy atom. The minimum Gasteiger partial charge on any atom is -0.497 e. The van der Waals surface area contributed by atoms with Gasteiger partial charge in [-0.1, -0.05) is 12.1 Å². The van der Waals surface area contributed by atoms with Crippen LogP contribution in [0.3, 0.4) is 0 Å². The molecule has 26 heavy (non-hydrogen) atoms. The zero-order valence-corrected chi connectivity index (χ0v) is 15.1. The monoisotopic (exact) mass is 353 g/mol. The van der Waals surface area contributed by atoms with Gasteiger partial charge in [0, 0.05) is 24.3 Å². The molecule has 136 valence electrons. The van der Waals surface area contributed by atoms with Crippen LogP contribution in [0.1, 0.15) is 22.8 Å². The number of nitrogens with zero attached hydrogens (tertiary/aromatic N) is 2. The van der Waals surface area contributed by atoms with Gasteiger partial charge >= 0.3 is 0 Å². The van der Waals surface area contributed by atoms with Crippen LogP contribution >= 0.6 is 0 Å². The summed E-state index contributed by atoms with van der Waals surface area (Å²) >= 11 is 0. The van der Waals surface area contributed by atoms with E-state index in [-0.39, 0.29) is 5.91 Å². The Kier molecular flexibility index (Phi) is 5.86. The molecular weight excluding hydrogens is 330 g/mol. The fourth-order valence-electron chi connectivity index (χ4n) is 2.74. The van der Waals surface area contributed by atoms with E-state index in [0.717, 1.165) is 37.6 Å². The zero-order valence-electron chi connectivity index (χ0n) is 15.1. The van der Waals surface area contributed by atoms with Crippen LogP contribution in [-0.4, -0.2) is 45.0 Å². The molecule has 1 fully saturated rings. The van der Waals surface area contributed by atoms with Gasteiger partial charge in [-0.2, -0.15) is 5.10 Å². The standard InChI is InChI=1S/C20H23N3O3/c1-15(21-22-20(24)17-5-9-19(25-2)10-6-17)16-3-7-18(8-4-16)23-11-13-26-14-12-23/h3-10H,11-14H2,1-2H3,(H,22,24)/b21-15-. The molecule has 3 rings (SSSR count). The largest absolute Gasteiger partial charge is 0.497 e. The van der Waals surface area contributed by atoms with Crippen molar-refractivity contribution in [3.63, 3.8) is 0 Å². The van der Waals surface area contributed by atoms with Crippen LogP contribution < -0.4 is 15.1 Å². The molecule has 1 amide bonds. The number of benzene rings is 2. The summed E-state index contributed by atoms with van der Waals surface area (Å²) in [5.41, 5.74) is 6.02. The van der Waals surface area contributed by atoms with E-state index >= 15 is 0 Å². The lowest BCUT2D eigenvalue weighted by Gasteiger charge is -2.28. The van der Waals surface area contributed by atoms with E-state index in [9.17, 15) is 4.79 Å². The highest BCUT2D eigenvalue weighted by molar-refractivity contribution is 6.01. The van der Waals surface area contributed by atoms with E-state index in [4.69, 9.17) is 9.47 Å². The van der Waals surface area contributed by atoms with Crippen LogP contribution in [0.5, 0.6) is 5.75 Å². The van der Waals surface area contributed by atoms with E-state index in [0.29, 0.717) is 11.3 Å². The quantitative estimate of drug-likeness (QED) is 0.663. The second kappa shape index (κ2) is 8.49. The van der Waals surface area contributed by atoms with Crippen molar-refractivity contribution in [1.82, 2.24) is 5.43 Å². The number of hydrogen-bond donors (Lipinski definition) is 1. The molecule has 1 aliphatic heterocycles. The number of carbonyl (C=O) groups is 1. The summed E-state index contributed by atoms with van der Waals surface area (Å²) in [5, 5.41) is 4.21. The summed E-state index contributed by atoms with van der Waals surface area (Å²) in [6.45, 7) is 5.21. The highest BCUT2D eigenvalue weighted by Crippen LogP contribution is 2.17. The summed E-state index contributed by atoms with van der Waals surface area (Å²) in [7, 11) is 1.59. The Hall–Kier alpha value is -2.86. The van der Waals surface area contributed by atoms with Crippen molar-refractivity contribution >= 4 is 17.3 Å². The Balaban J connectivity index is 1.62. The third kappa shape index (κ3) is 4.40. The van der Waals surface area contributed by atoms with Gasteiger partial charge in [-0.05, 0) is 48.9 Å². The Morgan fingerprint density at radius 1 is 1.04 bits per heavy atom. The van der Waals surface area contributed by atoms with E-state index in [1.165, 1.54) is 5.69 Å². The summed E-state index contributed by atoms with van der Waals surface area (Å²) in [4.78, 5) is 14.5. The van der Waals surface area contributed by atoms with Crippen molar-refractivity contribution in [3.05, 3.63) is 59.7 Å². The lowest BCUT2D eigenvalue weighted by Crippen LogP contribution is -2.36. The van der Waals surface area contributed by atoms with Gasteiger partial charge in [0.2, 0.25) is 0 Å². The SMILES string of the molecule is COc1ccc(C(=O)N/N=C(/C)c2ccc(N3CCOCC3)cc2)cc1. The van der Waals surface area contributed by atoms with Crippen molar-refractivity contribution in [2.75, 3.05) is 38.3 Å². The average molecular weight is 353 g/mol. The van der Waals surface area contributed by atoms with E-state index in [1.807, 2.05) is 19.1 Å². The number of amides is 1. The summed E-state index contributed by atoms with van der Waals surface area (Å²) in [6.07, 6.45) is 0. The molecule has 2 aromatic carbocycles. The number of methoxy groups -OCH3 is 1. The average Bonchev–Trinajstić information content (AvgIpc) is 2.72. The van der Waals surface area contributed by atoms with Crippen LogP contribution in [0, 0.1) is 0 Å². The van der Waals surface area contributed by atoms with Crippen molar-refractivity contribution in [2.24, 2.45) is 5.10 Å². The molecule has 0 atom stereocenters. The van der Waals surface area contributed by atoms with E-state index in [2.05, 4.69) is 27.6 Å². The molecule has 6 heteroatoms. The van der Waals surface area contributed by atoms with Crippen LogP contribution in [0.15, 0.2) is 53.6 Å². The molecule has 0 bridgehead atoms. The number of morpholine rings is 1. The number of hydrazone groups is 1. The molecule has 0 spiro atoms. The third-order valence-electron chi connectivity index (χ3n) is 4.34. The van der Waals surface area contributed by atoms with Crippen LogP contribution in [-0.2, 0) is 4.74 Å². The lowest BCUT2D eigenvalue weighted by atomic mass is 10.1. The number of rotatable bonds is 5. The van der Waals surface area contributed by atoms with Crippen LogP contribution in [0.25, 0.3) is 0 Å². The van der Waals surface area contributed by atoms with Gasteiger partial charge in [0.25, 0.3) is 5.91 Å². The molecule has 2 aromatic rings. The first-order valence-corrected chi connectivity index (χ1v) is 8.59. The van der Waals surface area contributed by atoms with Gasteiger partial charge < -0.3 is 14.4 Å². The second-order valence-electron chi connectivity index (χ2n) is 6.01. The summed E-state index contributed by atoms with van der Waals surface area (Å²) < 4.78 is 10.5. The predicted molar refractivity (Wildman–Crippen MR) is 102 cm³/mol. The molecule has 0 aliphatic carbocycles. The molecule has 1 heterocycles. The molecule has 0 unspecified atom stereocenters. The number of nitrogens with one attached hydrogen (secondary N) is 1. The van der Waals surface area contributed by atoms with Crippen molar-refractivity contribution in [1.29, 1.82) is 0 Å². The van der Waals surface area contributed by atoms with Crippen molar-refractivity contribution < 1.29 is 14.3 Å². The van der Waals surface area contributed by atoms with Gasteiger partial charge in [-0.15, -0.1) is 0 Å². The first-order chi connectivity index (χ1) is 12.7. The fraction of sp³-hybridized carbons (Fsp3) is 0.300. The highest BCUT2D eigenvalue weighted by Gasteiger charge is 2.11. The molecular formula is C20H23N3O3. The molecule has 0 radical (unpaired) electrons. The maximum Gasteiger partial charge on any atom is 0.271 e. The molecule has 1 N–H and O–H groups in total. The first kappa shape index (κ1) is 17.9. The minimum atomic E-state index is -0.253. The van der Waals surface area contributed by atoms with Gasteiger partial charge in [-0.25, -0.2) is 5.43 Å². The maximum absolute atomic E-state index is 12.2. The van der Waals surface area contributed by atoms with Gasteiger partial charge in [0.05, 0.1) is 26.0 Å².